The summed E-state index contributed by atoms with van der Waals surface area (Å²) in [7, 11) is 0. The average Bonchev–Trinajstić information content (AvgIpc) is 2.84. The van der Waals surface area contributed by atoms with E-state index in [1.165, 1.54) is 5.56 Å². The lowest BCUT2D eigenvalue weighted by Crippen LogP contribution is -2.51. The Morgan fingerprint density at radius 3 is 2.18 bits per heavy atom. The van der Waals surface area contributed by atoms with E-state index in [4.69, 9.17) is 11.1 Å². The molecule has 3 aliphatic rings. The number of guanidine groups is 1. The fourth-order valence-electron chi connectivity index (χ4n) is 2.77. The summed E-state index contributed by atoms with van der Waals surface area (Å²) in [4.78, 5) is 13.3. The van der Waals surface area contributed by atoms with Crippen LogP contribution in [-0.2, 0) is 6.42 Å². The first kappa shape index (κ1) is 14.6. The van der Waals surface area contributed by atoms with Gasteiger partial charge in [-0.1, -0.05) is 25.5 Å². The standard InChI is InChI=1S/C16H22N6/c1-2-3-12-4-6-13-14(7-5-12)20-16(19-13)22-10-8-21(9-11-22)15(17)18/h4-7H,2-3,8-11H2,1H3,(H3,17,18). The van der Waals surface area contributed by atoms with Crippen molar-refractivity contribution in [1.29, 1.82) is 5.41 Å². The van der Waals surface area contributed by atoms with Gasteiger partial charge in [-0.25, -0.2) is 9.97 Å². The molecule has 116 valence electrons. The van der Waals surface area contributed by atoms with Gasteiger partial charge in [0.25, 0.3) is 0 Å². The summed E-state index contributed by atoms with van der Waals surface area (Å²) < 4.78 is 0. The summed E-state index contributed by atoms with van der Waals surface area (Å²) in [5.74, 6) is 0.921. The van der Waals surface area contributed by atoms with Gasteiger partial charge in [-0.2, -0.15) is 0 Å². The van der Waals surface area contributed by atoms with Crippen molar-refractivity contribution in [2.24, 2.45) is 5.73 Å². The number of hydrogen-bond acceptors (Lipinski definition) is 4. The third kappa shape index (κ3) is 2.95. The second-order valence-corrected chi connectivity index (χ2v) is 5.65. The molecule has 2 heterocycles. The summed E-state index contributed by atoms with van der Waals surface area (Å²) in [6.07, 6.45) is 2.22. The molecule has 0 amide bonds. The van der Waals surface area contributed by atoms with Crippen molar-refractivity contribution in [3.05, 3.63) is 29.8 Å². The predicted molar refractivity (Wildman–Crippen MR) is 88.3 cm³/mol. The number of hydrogen-bond donors (Lipinski definition) is 2. The van der Waals surface area contributed by atoms with E-state index in [9.17, 15) is 0 Å². The van der Waals surface area contributed by atoms with Crippen LogP contribution in [0.3, 0.4) is 0 Å². The minimum absolute atomic E-state index is 0.142. The Morgan fingerprint density at radius 1 is 1.09 bits per heavy atom. The number of piperazine rings is 1. The monoisotopic (exact) mass is 298 g/mol. The smallest absolute Gasteiger partial charge is 0.226 e. The van der Waals surface area contributed by atoms with Gasteiger partial charge in [0.1, 0.15) is 0 Å². The summed E-state index contributed by atoms with van der Waals surface area (Å²) in [6, 6.07) is 8.39. The Morgan fingerprint density at radius 2 is 1.68 bits per heavy atom. The van der Waals surface area contributed by atoms with Crippen molar-refractivity contribution < 1.29 is 0 Å². The van der Waals surface area contributed by atoms with E-state index >= 15 is 0 Å². The molecule has 6 heteroatoms. The Labute approximate surface area is 130 Å². The van der Waals surface area contributed by atoms with E-state index in [2.05, 4.69) is 46.1 Å². The normalized spacial score (nSPS) is 15.3. The third-order valence-corrected chi connectivity index (χ3v) is 4.06. The molecule has 22 heavy (non-hydrogen) atoms. The van der Waals surface area contributed by atoms with Gasteiger partial charge >= 0.3 is 0 Å². The Balaban J connectivity index is 1.77. The molecule has 1 aliphatic carbocycles. The molecular formula is C16H22N6. The Hall–Kier alpha value is -2.37. The quantitative estimate of drug-likeness (QED) is 0.663. The number of imidazole rings is 1. The van der Waals surface area contributed by atoms with Crippen LogP contribution in [0, 0.1) is 5.41 Å². The minimum Gasteiger partial charge on any atom is -0.370 e. The molecule has 0 saturated carbocycles. The number of anilines is 1. The summed E-state index contributed by atoms with van der Waals surface area (Å²) in [5.41, 5.74) is 8.72. The van der Waals surface area contributed by atoms with Crippen LogP contribution in [0.5, 0.6) is 0 Å². The summed E-state index contributed by atoms with van der Waals surface area (Å²) >= 11 is 0. The lowest BCUT2D eigenvalue weighted by Gasteiger charge is -2.34. The fourth-order valence-corrected chi connectivity index (χ4v) is 2.77. The molecule has 0 aromatic carbocycles. The number of nitrogens with one attached hydrogen (secondary N) is 1. The SMILES string of the molecule is CCCc1ccc2nc(N3CCN(C(=N)N)CC3)nc-2cc1. The molecular weight excluding hydrogens is 276 g/mol. The van der Waals surface area contributed by atoms with Crippen molar-refractivity contribution in [3.63, 3.8) is 0 Å². The third-order valence-electron chi connectivity index (χ3n) is 4.06. The maximum atomic E-state index is 7.48. The molecule has 2 aliphatic heterocycles. The maximum Gasteiger partial charge on any atom is 0.226 e. The van der Waals surface area contributed by atoms with E-state index in [1.54, 1.807) is 0 Å². The first-order chi connectivity index (χ1) is 10.7. The van der Waals surface area contributed by atoms with Crippen molar-refractivity contribution in [3.8, 4) is 11.4 Å². The second kappa shape index (κ2) is 6.17. The predicted octanol–water partition coefficient (Wildman–Crippen LogP) is 1.55. The van der Waals surface area contributed by atoms with Gasteiger partial charge in [-0.3, -0.25) is 5.41 Å². The number of aromatic nitrogens is 2. The molecule has 0 unspecified atom stereocenters. The van der Waals surface area contributed by atoms with Gasteiger partial charge in [0.15, 0.2) is 5.96 Å². The molecule has 3 rings (SSSR count). The van der Waals surface area contributed by atoms with Crippen LogP contribution in [0.2, 0.25) is 0 Å². The number of rotatable bonds is 3. The molecule has 6 nitrogen and oxygen atoms in total. The molecule has 0 spiro atoms. The highest BCUT2D eigenvalue weighted by Crippen LogP contribution is 2.23. The van der Waals surface area contributed by atoms with Crippen molar-refractivity contribution >= 4 is 11.9 Å². The lowest BCUT2D eigenvalue weighted by molar-refractivity contribution is 0.378. The highest BCUT2D eigenvalue weighted by Gasteiger charge is 2.21. The lowest BCUT2D eigenvalue weighted by atomic mass is 10.2. The highest BCUT2D eigenvalue weighted by atomic mass is 15.3. The average molecular weight is 298 g/mol. The van der Waals surface area contributed by atoms with Crippen molar-refractivity contribution in [2.45, 2.75) is 19.8 Å². The molecule has 0 aromatic rings. The maximum absolute atomic E-state index is 7.48. The van der Waals surface area contributed by atoms with Gasteiger partial charge in [-0.05, 0) is 24.1 Å². The summed E-state index contributed by atoms with van der Waals surface area (Å²) in [5, 5.41) is 7.48. The molecule has 1 fully saturated rings. The van der Waals surface area contributed by atoms with Crippen LogP contribution < -0.4 is 10.6 Å². The highest BCUT2D eigenvalue weighted by molar-refractivity contribution is 5.75. The van der Waals surface area contributed by atoms with Gasteiger partial charge < -0.3 is 15.5 Å². The van der Waals surface area contributed by atoms with Crippen LogP contribution in [0.15, 0.2) is 24.3 Å². The fraction of sp³-hybridized carbons (Fsp3) is 0.438. The molecule has 3 N–H and O–H groups in total. The van der Waals surface area contributed by atoms with Gasteiger partial charge in [0.05, 0.1) is 11.4 Å². The Kier molecular flexibility index (Phi) is 4.09. The van der Waals surface area contributed by atoms with Crippen LogP contribution in [-0.4, -0.2) is 47.0 Å². The molecule has 1 saturated heterocycles. The van der Waals surface area contributed by atoms with E-state index in [-0.39, 0.29) is 5.96 Å². The zero-order chi connectivity index (χ0) is 15.5. The molecule has 0 bridgehead atoms. The van der Waals surface area contributed by atoms with Crippen LogP contribution in [0.1, 0.15) is 18.9 Å². The number of aryl methyl sites for hydroxylation is 1. The topological polar surface area (TPSA) is 82.1 Å². The van der Waals surface area contributed by atoms with E-state index in [1.807, 2.05) is 4.90 Å². The molecule has 0 aromatic heterocycles. The first-order valence-corrected chi connectivity index (χ1v) is 7.78. The second-order valence-electron chi connectivity index (χ2n) is 5.65. The van der Waals surface area contributed by atoms with Crippen molar-refractivity contribution in [2.75, 3.05) is 31.1 Å². The van der Waals surface area contributed by atoms with E-state index in [0.717, 1.165) is 56.4 Å². The number of fused-ring (bicyclic) bond motifs is 1. The van der Waals surface area contributed by atoms with Gasteiger partial charge in [-0.15, -0.1) is 0 Å². The first-order valence-electron chi connectivity index (χ1n) is 7.78. The largest absolute Gasteiger partial charge is 0.370 e. The zero-order valence-corrected chi connectivity index (χ0v) is 12.9. The van der Waals surface area contributed by atoms with E-state index in [0.29, 0.717) is 0 Å². The number of nitrogens with two attached hydrogens (primary N) is 1. The van der Waals surface area contributed by atoms with Crippen LogP contribution >= 0.6 is 0 Å². The summed E-state index contributed by atoms with van der Waals surface area (Å²) in [6.45, 7) is 5.26. The Bertz CT molecular complexity index is 599. The van der Waals surface area contributed by atoms with Crippen molar-refractivity contribution in [1.82, 2.24) is 14.9 Å². The zero-order valence-electron chi connectivity index (χ0n) is 12.9. The van der Waals surface area contributed by atoms with Crippen LogP contribution in [0.25, 0.3) is 11.4 Å². The minimum atomic E-state index is 0.142. The van der Waals surface area contributed by atoms with Crippen LogP contribution in [0.4, 0.5) is 5.95 Å². The molecule has 0 radical (unpaired) electrons. The van der Waals surface area contributed by atoms with Gasteiger partial charge in [0.2, 0.25) is 5.95 Å². The molecule has 0 atom stereocenters. The number of nitrogens with zero attached hydrogens (tertiary/aromatic N) is 4. The van der Waals surface area contributed by atoms with Gasteiger partial charge in [0, 0.05) is 26.2 Å². The van der Waals surface area contributed by atoms with E-state index < -0.39 is 0 Å².